The number of rotatable bonds is 6. The Balaban J connectivity index is 1.42. The number of aromatic nitrogens is 2. The maximum atomic E-state index is 12.8. The number of fused-ring (bicyclic) bond motifs is 2. The zero-order valence-corrected chi connectivity index (χ0v) is 17.7. The van der Waals surface area contributed by atoms with Crippen molar-refractivity contribution < 1.29 is 13.9 Å². The summed E-state index contributed by atoms with van der Waals surface area (Å²) in [6.45, 7) is 8.05. The summed E-state index contributed by atoms with van der Waals surface area (Å²) >= 11 is 0. The number of ether oxygens (including phenoxy) is 1. The van der Waals surface area contributed by atoms with Gasteiger partial charge in [0.1, 0.15) is 18.1 Å². The average Bonchev–Trinajstić information content (AvgIpc) is 3.37. The van der Waals surface area contributed by atoms with Crippen molar-refractivity contribution >= 4 is 5.91 Å². The van der Waals surface area contributed by atoms with E-state index in [1.807, 2.05) is 17.9 Å². The molecule has 0 bridgehead atoms. The number of imidazole rings is 1. The minimum absolute atomic E-state index is 0.0661. The molecule has 1 fully saturated rings. The van der Waals surface area contributed by atoms with E-state index in [-0.39, 0.29) is 18.1 Å². The van der Waals surface area contributed by atoms with Gasteiger partial charge in [-0.15, -0.1) is 0 Å². The van der Waals surface area contributed by atoms with Gasteiger partial charge in [-0.1, -0.05) is 6.92 Å². The second-order valence-corrected chi connectivity index (χ2v) is 8.47. The minimum atomic E-state index is -0.302. The Morgan fingerprint density at radius 3 is 2.83 bits per heavy atom. The van der Waals surface area contributed by atoms with E-state index in [1.165, 1.54) is 5.69 Å². The maximum Gasteiger partial charge on any atom is 0.249 e. The molecule has 7 nitrogen and oxygen atoms in total. The lowest BCUT2D eigenvalue weighted by atomic mass is 9.78. The first-order valence-corrected chi connectivity index (χ1v) is 10.6. The number of likely N-dealkylation sites (tertiary alicyclic amines) is 1. The number of piperidine rings is 1. The van der Waals surface area contributed by atoms with Crippen LogP contribution in [0.5, 0.6) is 0 Å². The first-order chi connectivity index (χ1) is 14.0. The molecule has 2 aromatic heterocycles. The number of hydrogen-bond acceptors (Lipinski definition) is 5. The van der Waals surface area contributed by atoms with Gasteiger partial charge in [-0.2, -0.15) is 0 Å². The molecule has 1 spiro atoms. The van der Waals surface area contributed by atoms with Gasteiger partial charge in [0.25, 0.3) is 0 Å². The first-order valence-electron chi connectivity index (χ1n) is 10.6. The zero-order valence-electron chi connectivity index (χ0n) is 17.7. The molecule has 0 aliphatic carbocycles. The van der Waals surface area contributed by atoms with E-state index < -0.39 is 0 Å². The molecule has 1 atom stereocenters. The van der Waals surface area contributed by atoms with E-state index >= 15 is 0 Å². The number of aromatic amines is 1. The lowest BCUT2D eigenvalue weighted by Crippen LogP contribution is -2.59. The van der Waals surface area contributed by atoms with E-state index in [1.54, 1.807) is 13.4 Å². The number of nitrogens with one attached hydrogen (secondary N) is 1. The van der Waals surface area contributed by atoms with Gasteiger partial charge in [0.05, 0.1) is 17.6 Å². The van der Waals surface area contributed by atoms with Gasteiger partial charge in [-0.3, -0.25) is 4.79 Å². The lowest BCUT2D eigenvalue weighted by molar-refractivity contribution is -0.146. The van der Waals surface area contributed by atoms with Crippen molar-refractivity contribution in [3.05, 3.63) is 41.4 Å². The normalized spacial score (nSPS) is 20.0. The van der Waals surface area contributed by atoms with Crippen LogP contribution in [-0.4, -0.2) is 65.6 Å². The Labute approximate surface area is 172 Å². The monoisotopic (exact) mass is 400 g/mol. The summed E-state index contributed by atoms with van der Waals surface area (Å²) in [5.74, 6) is 2.52. The third-order valence-electron chi connectivity index (χ3n) is 6.64. The molecule has 7 heteroatoms. The van der Waals surface area contributed by atoms with Crippen molar-refractivity contribution in [1.82, 2.24) is 19.8 Å². The molecule has 1 amide bonds. The van der Waals surface area contributed by atoms with Gasteiger partial charge in [0, 0.05) is 44.8 Å². The molecule has 29 heavy (non-hydrogen) atoms. The van der Waals surface area contributed by atoms with Crippen molar-refractivity contribution in [2.75, 3.05) is 39.9 Å². The standard InChI is InChI=1S/C22H32N4O3/c1-16(19-5-4-17(2)29-19)6-10-25-12-8-22(9-13-25)21-18(23-15-24-21)7-11-26(22)20(27)14-28-3/h4-5,15-16H,6-14H2,1-3H3,(H,23,24)/t16-/m0/s1. The molecule has 158 valence electrons. The van der Waals surface area contributed by atoms with Crippen molar-refractivity contribution in [2.45, 2.75) is 51.0 Å². The minimum Gasteiger partial charge on any atom is -0.466 e. The maximum absolute atomic E-state index is 12.8. The SMILES string of the molecule is COCC(=O)N1CCc2[nH]cnc2C12CCN(CC[C@H](C)c1ccc(C)o1)CC2. The summed E-state index contributed by atoms with van der Waals surface area (Å²) in [7, 11) is 1.58. The second kappa shape index (κ2) is 8.32. The van der Waals surface area contributed by atoms with Crippen molar-refractivity contribution in [3.8, 4) is 0 Å². The molecule has 2 aliphatic rings. The van der Waals surface area contributed by atoms with Crippen LogP contribution in [0.15, 0.2) is 22.9 Å². The van der Waals surface area contributed by atoms with E-state index in [0.29, 0.717) is 5.92 Å². The highest BCUT2D eigenvalue weighted by Gasteiger charge is 2.48. The van der Waals surface area contributed by atoms with Crippen LogP contribution in [0.25, 0.3) is 0 Å². The van der Waals surface area contributed by atoms with E-state index in [9.17, 15) is 4.79 Å². The molecule has 0 radical (unpaired) electrons. The summed E-state index contributed by atoms with van der Waals surface area (Å²) in [5.41, 5.74) is 1.94. The highest BCUT2D eigenvalue weighted by molar-refractivity contribution is 5.79. The molecular formula is C22H32N4O3. The Hall–Kier alpha value is -2.12. The number of carbonyl (C=O) groups excluding carboxylic acids is 1. The predicted octanol–water partition coefficient (Wildman–Crippen LogP) is 2.83. The smallest absolute Gasteiger partial charge is 0.249 e. The third kappa shape index (κ3) is 3.85. The van der Waals surface area contributed by atoms with Crippen LogP contribution in [0.4, 0.5) is 0 Å². The third-order valence-corrected chi connectivity index (χ3v) is 6.64. The van der Waals surface area contributed by atoms with Crippen LogP contribution >= 0.6 is 0 Å². The molecule has 4 rings (SSSR count). The first kappa shape index (κ1) is 20.2. The lowest BCUT2D eigenvalue weighted by Gasteiger charge is -2.50. The van der Waals surface area contributed by atoms with Crippen molar-refractivity contribution in [1.29, 1.82) is 0 Å². The number of H-pyrrole nitrogens is 1. The van der Waals surface area contributed by atoms with Crippen LogP contribution in [0.2, 0.25) is 0 Å². The van der Waals surface area contributed by atoms with E-state index in [2.05, 4.69) is 27.9 Å². The Morgan fingerprint density at radius 1 is 1.34 bits per heavy atom. The fraction of sp³-hybridized carbons (Fsp3) is 0.636. The van der Waals surface area contributed by atoms with Crippen LogP contribution in [-0.2, 0) is 21.5 Å². The number of methoxy groups -OCH3 is 1. The van der Waals surface area contributed by atoms with Crippen LogP contribution in [0.1, 0.15) is 55.0 Å². The van der Waals surface area contributed by atoms with Gasteiger partial charge in [-0.05, 0) is 44.9 Å². The quantitative estimate of drug-likeness (QED) is 0.807. The number of furan rings is 1. The van der Waals surface area contributed by atoms with Crippen LogP contribution in [0, 0.1) is 6.92 Å². The number of carbonyl (C=O) groups is 1. The summed E-state index contributed by atoms with van der Waals surface area (Å²) < 4.78 is 10.9. The van der Waals surface area contributed by atoms with Crippen LogP contribution in [0.3, 0.4) is 0 Å². The Morgan fingerprint density at radius 2 is 2.14 bits per heavy atom. The predicted molar refractivity (Wildman–Crippen MR) is 110 cm³/mol. The molecule has 1 N–H and O–H groups in total. The Bertz CT molecular complexity index is 835. The summed E-state index contributed by atoms with van der Waals surface area (Å²) in [6, 6.07) is 4.12. The van der Waals surface area contributed by atoms with Crippen molar-refractivity contribution in [2.24, 2.45) is 0 Å². The molecule has 0 saturated carbocycles. The summed E-state index contributed by atoms with van der Waals surface area (Å²) in [4.78, 5) is 25.3. The molecule has 2 aromatic rings. The molecule has 0 unspecified atom stereocenters. The summed E-state index contributed by atoms with van der Waals surface area (Å²) in [5, 5.41) is 0. The molecular weight excluding hydrogens is 368 g/mol. The average molecular weight is 401 g/mol. The topological polar surface area (TPSA) is 74.6 Å². The van der Waals surface area contributed by atoms with Crippen molar-refractivity contribution in [3.63, 3.8) is 0 Å². The van der Waals surface area contributed by atoms with Gasteiger partial charge < -0.3 is 23.9 Å². The fourth-order valence-corrected chi connectivity index (χ4v) is 4.93. The van der Waals surface area contributed by atoms with Crippen LogP contribution < -0.4 is 0 Å². The highest BCUT2D eigenvalue weighted by atomic mass is 16.5. The molecule has 1 saturated heterocycles. The molecule has 2 aliphatic heterocycles. The highest BCUT2D eigenvalue weighted by Crippen LogP contribution is 2.42. The summed E-state index contributed by atoms with van der Waals surface area (Å²) in [6.07, 6.45) is 5.50. The van der Waals surface area contributed by atoms with Gasteiger partial charge in [-0.25, -0.2) is 4.98 Å². The van der Waals surface area contributed by atoms with Gasteiger partial charge in [0.15, 0.2) is 0 Å². The number of aryl methyl sites for hydroxylation is 1. The molecule has 4 heterocycles. The van der Waals surface area contributed by atoms with E-state index in [4.69, 9.17) is 9.15 Å². The Kier molecular flexibility index (Phi) is 5.79. The largest absolute Gasteiger partial charge is 0.466 e. The van der Waals surface area contributed by atoms with E-state index in [0.717, 1.165) is 69.1 Å². The second-order valence-electron chi connectivity index (χ2n) is 8.47. The van der Waals surface area contributed by atoms with Gasteiger partial charge in [0.2, 0.25) is 5.91 Å². The zero-order chi connectivity index (χ0) is 20.4. The number of nitrogens with zero attached hydrogens (tertiary/aromatic N) is 3. The number of hydrogen-bond donors (Lipinski definition) is 1. The van der Waals surface area contributed by atoms with Gasteiger partial charge >= 0.3 is 0 Å². The number of amides is 1. The molecule has 0 aromatic carbocycles. The fourth-order valence-electron chi connectivity index (χ4n) is 4.93.